The maximum absolute atomic E-state index is 12.3. The van der Waals surface area contributed by atoms with Crippen molar-refractivity contribution >= 4 is 11.7 Å². The lowest BCUT2D eigenvalue weighted by atomic mass is 10.2. The second-order valence-electron chi connectivity index (χ2n) is 4.75. The van der Waals surface area contributed by atoms with Gasteiger partial charge in [-0.3, -0.25) is 9.69 Å². The first-order chi connectivity index (χ1) is 9.54. The molecule has 1 aromatic heterocycles. The minimum absolute atomic E-state index is 0.0905. The molecule has 1 saturated heterocycles. The van der Waals surface area contributed by atoms with Crippen molar-refractivity contribution in [3.63, 3.8) is 0 Å². The van der Waals surface area contributed by atoms with Gasteiger partial charge < -0.3 is 20.1 Å². The molecule has 1 aliphatic rings. The second kappa shape index (κ2) is 6.02. The van der Waals surface area contributed by atoms with Crippen LogP contribution in [0.2, 0.25) is 0 Å². The summed E-state index contributed by atoms with van der Waals surface area (Å²) in [5, 5.41) is 19.7. The van der Waals surface area contributed by atoms with E-state index in [1.54, 1.807) is 4.90 Å². The van der Waals surface area contributed by atoms with Gasteiger partial charge in [-0.2, -0.15) is 0 Å². The fourth-order valence-electron chi connectivity index (χ4n) is 2.38. The van der Waals surface area contributed by atoms with E-state index in [0.717, 1.165) is 0 Å². The summed E-state index contributed by atoms with van der Waals surface area (Å²) in [7, 11) is 1.52. The zero-order chi connectivity index (χ0) is 14.7. The van der Waals surface area contributed by atoms with E-state index in [2.05, 4.69) is 4.90 Å². The van der Waals surface area contributed by atoms with Crippen molar-refractivity contribution < 1.29 is 14.8 Å². The van der Waals surface area contributed by atoms with Crippen molar-refractivity contribution in [2.45, 2.75) is 0 Å². The Labute approximate surface area is 116 Å². The highest BCUT2D eigenvalue weighted by Gasteiger charge is 2.27. The van der Waals surface area contributed by atoms with E-state index < -0.39 is 4.92 Å². The average Bonchev–Trinajstić information content (AvgIpc) is 2.81. The van der Waals surface area contributed by atoms with Crippen molar-refractivity contribution in [1.29, 1.82) is 0 Å². The molecule has 1 fully saturated rings. The molecule has 110 valence electrons. The van der Waals surface area contributed by atoms with Crippen LogP contribution < -0.4 is 0 Å². The van der Waals surface area contributed by atoms with Crippen molar-refractivity contribution in [1.82, 2.24) is 14.4 Å². The molecule has 0 radical (unpaired) electrons. The van der Waals surface area contributed by atoms with E-state index in [9.17, 15) is 14.9 Å². The summed E-state index contributed by atoms with van der Waals surface area (Å²) in [5.74, 6) is -0.281. The number of carbonyl (C=O) groups is 1. The Bertz CT molecular complexity index is 506. The molecule has 0 bridgehead atoms. The van der Waals surface area contributed by atoms with Crippen LogP contribution in [-0.2, 0) is 7.05 Å². The van der Waals surface area contributed by atoms with E-state index >= 15 is 0 Å². The van der Waals surface area contributed by atoms with E-state index in [1.807, 2.05) is 0 Å². The summed E-state index contributed by atoms with van der Waals surface area (Å²) in [6.45, 7) is 3.27. The van der Waals surface area contributed by atoms with Gasteiger partial charge in [0.1, 0.15) is 0 Å². The Kier molecular flexibility index (Phi) is 4.35. The Balaban J connectivity index is 2.04. The Morgan fingerprint density at radius 2 is 2.00 bits per heavy atom. The smallest absolute Gasteiger partial charge is 0.323 e. The van der Waals surface area contributed by atoms with E-state index in [4.69, 9.17) is 5.11 Å². The molecule has 0 aliphatic carbocycles. The minimum Gasteiger partial charge on any atom is -0.395 e. The first-order valence-corrected chi connectivity index (χ1v) is 6.47. The zero-order valence-corrected chi connectivity index (χ0v) is 11.4. The summed E-state index contributed by atoms with van der Waals surface area (Å²) >= 11 is 0. The zero-order valence-electron chi connectivity index (χ0n) is 11.4. The van der Waals surface area contributed by atoms with Crippen LogP contribution in [0.3, 0.4) is 0 Å². The number of rotatable bonds is 4. The largest absolute Gasteiger partial charge is 0.395 e. The van der Waals surface area contributed by atoms with Gasteiger partial charge >= 0.3 is 5.82 Å². The predicted molar refractivity (Wildman–Crippen MR) is 71.5 cm³/mol. The number of carbonyl (C=O) groups excluding carboxylic acids is 1. The standard InChI is InChI=1S/C12H18N4O4/c1-13-10(2-3-11(13)16(19)20)12(18)15-6-4-14(5-7-15)8-9-17/h2-3,17H,4-9H2,1H3. The first kappa shape index (κ1) is 14.5. The highest BCUT2D eigenvalue weighted by Crippen LogP contribution is 2.17. The molecule has 20 heavy (non-hydrogen) atoms. The van der Waals surface area contributed by atoms with Gasteiger partial charge in [0.25, 0.3) is 5.91 Å². The number of aromatic nitrogens is 1. The van der Waals surface area contributed by atoms with Gasteiger partial charge in [0, 0.05) is 38.8 Å². The number of amides is 1. The lowest BCUT2D eigenvalue weighted by Crippen LogP contribution is -2.49. The van der Waals surface area contributed by atoms with Crippen LogP contribution in [0.15, 0.2) is 12.1 Å². The third kappa shape index (κ3) is 2.81. The fraction of sp³-hybridized carbons (Fsp3) is 0.583. The molecule has 2 rings (SSSR count). The molecule has 1 aliphatic heterocycles. The number of nitro groups is 1. The number of aliphatic hydroxyl groups excluding tert-OH is 1. The van der Waals surface area contributed by atoms with E-state index in [-0.39, 0.29) is 18.3 Å². The molecule has 1 N–H and O–H groups in total. The van der Waals surface area contributed by atoms with Crippen LogP contribution in [0.5, 0.6) is 0 Å². The van der Waals surface area contributed by atoms with Gasteiger partial charge in [-0.25, -0.2) is 4.57 Å². The molecule has 0 unspecified atom stereocenters. The highest BCUT2D eigenvalue weighted by molar-refractivity contribution is 5.93. The van der Waals surface area contributed by atoms with Crippen LogP contribution in [0.4, 0.5) is 5.82 Å². The minimum atomic E-state index is -0.504. The highest BCUT2D eigenvalue weighted by atomic mass is 16.6. The van der Waals surface area contributed by atoms with Gasteiger partial charge in [0.05, 0.1) is 13.7 Å². The number of nitrogens with zero attached hydrogens (tertiary/aromatic N) is 4. The Morgan fingerprint density at radius 1 is 1.35 bits per heavy atom. The molecule has 0 aromatic carbocycles. The number of aliphatic hydroxyl groups is 1. The van der Waals surface area contributed by atoms with E-state index in [1.165, 1.54) is 23.7 Å². The van der Waals surface area contributed by atoms with Gasteiger partial charge in [0.2, 0.25) is 0 Å². The summed E-state index contributed by atoms with van der Waals surface area (Å²) in [6, 6.07) is 2.83. The molecule has 8 heteroatoms. The number of hydrogen-bond acceptors (Lipinski definition) is 5. The fourth-order valence-corrected chi connectivity index (χ4v) is 2.38. The Morgan fingerprint density at radius 3 is 2.50 bits per heavy atom. The Hall–Kier alpha value is -1.93. The van der Waals surface area contributed by atoms with Gasteiger partial charge in [-0.1, -0.05) is 0 Å². The van der Waals surface area contributed by atoms with Crippen molar-refractivity contribution in [2.24, 2.45) is 7.05 Å². The molecule has 1 aromatic rings. The van der Waals surface area contributed by atoms with Crippen LogP contribution in [-0.4, -0.2) is 69.6 Å². The van der Waals surface area contributed by atoms with Gasteiger partial charge in [-0.15, -0.1) is 0 Å². The number of hydrogen-bond donors (Lipinski definition) is 1. The molecule has 0 atom stereocenters. The molecule has 2 heterocycles. The normalized spacial score (nSPS) is 16.4. The third-order valence-electron chi connectivity index (χ3n) is 3.58. The lowest BCUT2D eigenvalue weighted by Gasteiger charge is -2.33. The topological polar surface area (TPSA) is 91.9 Å². The second-order valence-corrected chi connectivity index (χ2v) is 4.75. The van der Waals surface area contributed by atoms with Crippen LogP contribution >= 0.6 is 0 Å². The molecular formula is C12H18N4O4. The molecule has 0 saturated carbocycles. The molecular weight excluding hydrogens is 264 g/mol. The molecule has 1 amide bonds. The summed E-state index contributed by atoms with van der Waals surface area (Å²) in [4.78, 5) is 26.4. The number of β-amino-alcohol motifs (C(OH)–C–C–N with tert-alkyl or cyclic N) is 1. The summed E-state index contributed by atoms with van der Waals surface area (Å²) < 4.78 is 1.31. The predicted octanol–water partition coefficient (Wildman–Crippen LogP) is -0.317. The number of piperazine rings is 1. The van der Waals surface area contributed by atoms with Gasteiger partial charge in [-0.05, 0) is 11.0 Å². The lowest BCUT2D eigenvalue weighted by molar-refractivity contribution is -0.391. The summed E-state index contributed by atoms with van der Waals surface area (Å²) in [6.07, 6.45) is 0. The first-order valence-electron chi connectivity index (χ1n) is 6.47. The maximum atomic E-state index is 12.3. The SMILES string of the molecule is Cn1c(C(=O)N2CCN(CCO)CC2)ccc1[N+](=O)[O-]. The van der Waals surface area contributed by atoms with Crippen molar-refractivity contribution in [3.05, 3.63) is 27.9 Å². The molecule has 8 nitrogen and oxygen atoms in total. The quantitative estimate of drug-likeness (QED) is 0.604. The molecule has 0 spiro atoms. The van der Waals surface area contributed by atoms with Crippen molar-refractivity contribution in [3.8, 4) is 0 Å². The van der Waals surface area contributed by atoms with Crippen LogP contribution in [0.1, 0.15) is 10.5 Å². The van der Waals surface area contributed by atoms with Crippen molar-refractivity contribution in [2.75, 3.05) is 39.3 Å². The summed E-state index contributed by atoms with van der Waals surface area (Å²) in [5.41, 5.74) is 0.326. The monoisotopic (exact) mass is 282 g/mol. The van der Waals surface area contributed by atoms with E-state index in [0.29, 0.717) is 38.4 Å². The maximum Gasteiger partial charge on any atom is 0.323 e. The van der Waals surface area contributed by atoms with Crippen LogP contribution in [0.25, 0.3) is 0 Å². The average molecular weight is 282 g/mol. The van der Waals surface area contributed by atoms with Crippen LogP contribution in [0, 0.1) is 10.1 Å². The third-order valence-corrected chi connectivity index (χ3v) is 3.58. The van der Waals surface area contributed by atoms with Gasteiger partial charge in [0.15, 0.2) is 5.69 Å².